The van der Waals surface area contributed by atoms with Gasteiger partial charge in [0.2, 0.25) is 5.95 Å². The van der Waals surface area contributed by atoms with E-state index in [0.717, 1.165) is 82.1 Å². The van der Waals surface area contributed by atoms with Gasteiger partial charge in [-0.1, -0.05) is 0 Å². The van der Waals surface area contributed by atoms with Gasteiger partial charge in [0.05, 0.1) is 19.8 Å². The van der Waals surface area contributed by atoms with Gasteiger partial charge in [-0.2, -0.15) is 4.98 Å². The van der Waals surface area contributed by atoms with Gasteiger partial charge in [0.1, 0.15) is 17.3 Å². The first kappa shape index (κ1) is 18.3. The van der Waals surface area contributed by atoms with Crippen LogP contribution in [0.1, 0.15) is 24.4 Å². The Morgan fingerprint density at radius 3 is 2.59 bits per heavy atom. The van der Waals surface area contributed by atoms with Crippen LogP contribution in [0.2, 0.25) is 0 Å². The van der Waals surface area contributed by atoms with Crippen molar-refractivity contribution in [1.29, 1.82) is 0 Å². The van der Waals surface area contributed by atoms with Crippen LogP contribution in [0.3, 0.4) is 0 Å². The Labute approximate surface area is 160 Å². The van der Waals surface area contributed by atoms with E-state index < -0.39 is 0 Å². The molecule has 7 heteroatoms. The number of likely N-dealkylation sites (tertiary alicyclic amines) is 1. The summed E-state index contributed by atoms with van der Waals surface area (Å²) in [5, 5.41) is 0. The lowest BCUT2D eigenvalue weighted by Crippen LogP contribution is -2.43. The molecule has 0 atom stereocenters. The Morgan fingerprint density at radius 1 is 1.11 bits per heavy atom. The number of rotatable bonds is 5. The van der Waals surface area contributed by atoms with Crippen LogP contribution < -0.4 is 9.80 Å². The highest BCUT2D eigenvalue weighted by Crippen LogP contribution is 2.23. The molecule has 2 fully saturated rings. The average molecular weight is 371 g/mol. The van der Waals surface area contributed by atoms with Gasteiger partial charge in [0.25, 0.3) is 0 Å². The molecule has 0 spiro atoms. The predicted octanol–water partition coefficient (Wildman–Crippen LogP) is 2.32. The number of anilines is 2. The van der Waals surface area contributed by atoms with Crippen LogP contribution in [0.5, 0.6) is 0 Å². The highest BCUT2D eigenvalue weighted by molar-refractivity contribution is 5.44. The molecule has 0 amide bonds. The van der Waals surface area contributed by atoms with Gasteiger partial charge < -0.3 is 19.0 Å². The van der Waals surface area contributed by atoms with E-state index >= 15 is 0 Å². The molecule has 2 aromatic heterocycles. The SMILES string of the molecule is Cc1ccc(CN2CCC(N(C)c3ccnc(N4CCOCC4)n3)CC2)o1. The van der Waals surface area contributed by atoms with Gasteiger partial charge >= 0.3 is 0 Å². The number of ether oxygens (including phenoxy) is 1. The first-order valence-corrected chi connectivity index (χ1v) is 9.85. The summed E-state index contributed by atoms with van der Waals surface area (Å²) in [6.07, 6.45) is 4.14. The lowest BCUT2D eigenvalue weighted by atomic mass is 10.0. The Kier molecular flexibility index (Phi) is 5.59. The number of hydrogen-bond donors (Lipinski definition) is 0. The van der Waals surface area contributed by atoms with Crippen molar-refractivity contribution in [3.8, 4) is 0 Å². The number of aromatic nitrogens is 2. The van der Waals surface area contributed by atoms with E-state index in [9.17, 15) is 0 Å². The van der Waals surface area contributed by atoms with Crippen molar-refractivity contribution in [2.24, 2.45) is 0 Å². The minimum Gasteiger partial charge on any atom is -0.465 e. The molecule has 0 aliphatic carbocycles. The van der Waals surface area contributed by atoms with Crippen molar-refractivity contribution in [2.75, 3.05) is 56.2 Å². The molecule has 0 saturated carbocycles. The van der Waals surface area contributed by atoms with Gasteiger partial charge in [-0.25, -0.2) is 4.98 Å². The predicted molar refractivity (Wildman–Crippen MR) is 105 cm³/mol. The normalized spacial score (nSPS) is 19.4. The van der Waals surface area contributed by atoms with Crippen LogP contribution in [-0.4, -0.2) is 67.4 Å². The van der Waals surface area contributed by atoms with Gasteiger partial charge in [-0.05, 0) is 38.0 Å². The van der Waals surface area contributed by atoms with E-state index in [1.165, 1.54) is 0 Å². The third-order valence-electron chi connectivity index (χ3n) is 5.56. The molecule has 7 nitrogen and oxygen atoms in total. The zero-order chi connectivity index (χ0) is 18.6. The first-order valence-electron chi connectivity index (χ1n) is 9.85. The lowest BCUT2D eigenvalue weighted by molar-refractivity contribution is 0.122. The van der Waals surface area contributed by atoms with Gasteiger partial charge in [0.15, 0.2) is 0 Å². The van der Waals surface area contributed by atoms with Crippen molar-refractivity contribution >= 4 is 11.8 Å². The minimum atomic E-state index is 0.507. The summed E-state index contributed by atoms with van der Waals surface area (Å²) in [6, 6.07) is 6.65. The van der Waals surface area contributed by atoms with Crippen molar-refractivity contribution < 1.29 is 9.15 Å². The second-order valence-electron chi connectivity index (χ2n) is 7.44. The third kappa shape index (κ3) is 4.42. The molecular formula is C20H29N5O2. The van der Waals surface area contributed by atoms with Gasteiger partial charge in [0, 0.05) is 45.5 Å². The molecule has 146 valence electrons. The summed E-state index contributed by atoms with van der Waals surface area (Å²) in [5.41, 5.74) is 0. The molecule has 0 aromatic carbocycles. The molecule has 2 saturated heterocycles. The fourth-order valence-corrected chi connectivity index (χ4v) is 3.89. The van der Waals surface area contributed by atoms with Crippen LogP contribution in [0.4, 0.5) is 11.8 Å². The molecule has 0 radical (unpaired) electrons. The van der Waals surface area contributed by atoms with Crippen LogP contribution in [0.15, 0.2) is 28.8 Å². The van der Waals surface area contributed by atoms with E-state index in [1.807, 2.05) is 25.3 Å². The molecule has 2 aliphatic rings. The fraction of sp³-hybridized carbons (Fsp3) is 0.600. The zero-order valence-corrected chi connectivity index (χ0v) is 16.3. The molecule has 2 aliphatic heterocycles. The Balaban J connectivity index is 1.34. The number of nitrogens with zero attached hydrogens (tertiary/aromatic N) is 5. The second-order valence-corrected chi connectivity index (χ2v) is 7.44. The maximum absolute atomic E-state index is 5.72. The summed E-state index contributed by atoms with van der Waals surface area (Å²) in [6.45, 7) is 8.27. The van der Waals surface area contributed by atoms with Gasteiger partial charge in [-0.15, -0.1) is 0 Å². The lowest BCUT2D eigenvalue weighted by Gasteiger charge is -2.37. The monoisotopic (exact) mass is 371 g/mol. The van der Waals surface area contributed by atoms with Crippen molar-refractivity contribution in [1.82, 2.24) is 14.9 Å². The minimum absolute atomic E-state index is 0.507. The van der Waals surface area contributed by atoms with E-state index in [4.69, 9.17) is 14.1 Å². The van der Waals surface area contributed by atoms with Crippen molar-refractivity contribution in [2.45, 2.75) is 32.4 Å². The second kappa shape index (κ2) is 8.27. The molecule has 0 bridgehead atoms. The summed E-state index contributed by atoms with van der Waals surface area (Å²) in [7, 11) is 2.15. The number of furan rings is 1. The number of aryl methyl sites for hydroxylation is 1. The topological polar surface area (TPSA) is 57.9 Å². The number of piperidine rings is 1. The Bertz CT molecular complexity index is 735. The quantitative estimate of drug-likeness (QED) is 0.799. The number of morpholine rings is 1. The van der Waals surface area contributed by atoms with Crippen molar-refractivity contribution in [3.05, 3.63) is 35.9 Å². The Morgan fingerprint density at radius 2 is 1.89 bits per heavy atom. The van der Waals surface area contributed by atoms with Crippen LogP contribution in [0.25, 0.3) is 0 Å². The highest BCUT2D eigenvalue weighted by Gasteiger charge is 2.24. The average Bonchev–Trinajstić information content (AvgIpc) is 3.13. The van der Waals surface area contributed by atoms with Crippen LogP contribution in [-0.2, 0) is 11.3 Å². The third-order valence-corrected chi connectivity index (χ3v) is 5.56. The molecule has 0 unspecified atom stereocenters. The van der Waals surface area contributed by atoms with E-state index in [-0.39, 0.29) is 0 Å². The van der Waals surface area contributed by atoms with Crippen LogP contribution in [0, 0.1) is 6.92 Å². The summed E-state index contributed by atoms with van der Waals surface area (Å²) in [5.74, 6) is 3.87. The van der Waals surface area contributed by atoms with Crippen LogP contribution >= 0.6 is 0 Å². The molecular weight excluding hydrogens is 342 g/mol. The highest BCUT2D eigenvalue weighted by atomic mass is 16.5. The van der Waals surface area contributed by atoms with Crippen molar-refractivity contribution in [3.63, 3.8) is 0 Å². The Hall–Kier alpha value is -2.12. The standard InChI is InChI=1S/C20H29N5O2/c1-16-3-4-18(27-16)15-24-9-6-17(7-10-24)23(2)19-5-8-21-20(22-19)25-11-13-26-14-12-25/h3-5,8,17H,6-7,9-15H2,1-2H3. The fourth-order valence-electron chi connectivity index (χ4n) is 3.89. The van der Waals surface area contributed by atoms with E-state index in [1.54, 1.807) is 0 Å². The molecule has 27 heavy (non-hydrogen) atoms. The van der Waals surface area contributed by atoms with E-state index in [0.29, 0.717) is 6.04 Å². The van der Waals surface area contributed by atoms with Gasteiger partial charge in [-0.3, -0.25) is 4.90 Å². The molecule has 2 aromatic rings. The molecule has 4 heterocycles. The maximum Gasteiger partial charge on any atom is 0.227 e. The number of hydrogen-bond acceptors (Lipinski definition) is 7. The first-order chi connectivity index (χ1) is 13.2. The summed E-state index contributed by atoms with van der Waals surface area (Å²) in [4.78, 5) is 16.3. The van der Waals surface area contributed by atoms with E-state index in [2.05, 4.69) is 32.8 Å². The largest absolute Gasteiger partial charge is 0.465 e. The maximum atomic E-state index is 5.72. The molecule has 4 rings (SSSR count). The smallest absolute Gasteiger partial charge is 0.227 e. The molecule has 0 N–H and O–H groups in total. The summed E-state index contributed by atoms with van der Waals surface area (Å²) < 4.78 is 11.1. The zero-order valence-electron chi connectivity index (χ0n) is 16.3. The summed E-state index contributed by atoms with van der Waals surface area (Å²) >= 11 is 0.